The highest BCUT2D eigenvalue weighted by Gasteiger charge is 2.32. The number of ether oxygens (including phenoxy) is 1. The van der Waals surface area contributed by atoms with Gasteiger partial charge in [-0.15, -0.1) is 11.3 Å². The number of rotatable bonds is 7. The van der Waals surface area contributed by atoms with Crippen LogP contribution in [0.25, 0.3) is 0 Å². The number of amides is 1. The van der Waals surface area contributed by atoms with Crippen LogP contribution >= 0.6 is 11.3 Å². The van der Waals surface area contributed by atoms with Gasteiger partial charge in [-0.1, -0.05) is 52.8 Å². The molecule has 0 spiro atoms. The summed E-state index contributed by atoms with van der Waals surface area (Å²) < 4.78 is 5.69. The normalized spacial score (nSPS) is 15.4. The van der Waals surface area contributed by atoms with Crippen molar-refractivity contribution in [2.75, 3.05) is 11.9 Å². The van der Waals surface area contributed by atoms with Gasteiger partial charge in [0.25, 0.3) is 5.91 Å². The van der Waals surface area contributed by atoms with Crippen molar-refractivity contribution in [1.29, 1.82) is 5.26 Å². The molecule has 0 radical (unpaired) electrons. The number of aliphatic imine (C=N–C) groups is 1. The van der Waals surface area contributed by atoms with Gasteiger partial charge in [0.15, 0.2) is 6.61 Å². The van der Waals surface area contributed by atoms with Gasteiger partial charge in [-0.25, -0.2) is 4.99 Å². The first-order valence-corrected chi connectivity index (χ1v) is 13.7. The number of thiophene rings is 1. The molecule has 0 saturated heterocycles. The Morgan fingerprint density at radius 3 is 2.62 bits per heavy atom. The highest BCUT2D eigenvalue weighted by atomic mass is 32.1. The summed E-state index contributed by atoms with van der Waals surface area (Å²) in [5, 5.41) is 13.5. The number of carbonyl (C=O) groups excluding carboxylic acids is 1. The van der Waals surface area contributed by atoms with Crippen LogP contribution in [0.15, 0.2) is 53.5 Å². The summed E-state index contributed by atoms with van der Waals surface area (Å²) in [4.78, 5) is 18.4. The van der Waals surface area contributed by atoms with Crippen LogP contribution in [-0.4, -0.2) is 18.7 Å². The molecule has 2 aromatic carbocycles. The lowest BCUT2D eigenvalue weighted by molar-refractivity contribution is -0.118. The van der Waals surface area contributed by atoms with Crippen molar-refractivity contribution in [3.05, 3.63) is 75.7 Å². The number of anilines is 1. The fourth-order valence-corrected chi connectivity index (χ4v) is 5.97. The van der Waals surface area contributed by atoms with Gasteiger partial charge in [-0.05, 0) is 83.5 Å². The van der Waals surface area contributed by atoms with Gasteiger partial charge in [-0.3, -0.25) is 4.79 Å². The predicted octanol–water partition coefficient (Wildman–Crippen LogP) is 7.66. The minimum absolute atomic E-state index is 0.0678. The molecular weight excluding hydrogens is 478 g/mol. The van der Waals surface area contributed by atoms with Crippen molar-refractivity contribution < 1.29 is 9.53 Å². The lowest BCUT2D eigenvalue weighted by atomic mass is 9.72. The van der Waals surface area contributed by atoms with E-state index in [1.54, 1.807) is 17.6 Å². The number of hydrogen-bond donors (Lipinski definition) is 1. The Bertz CT molecular complexity index is 1320. The molecule has 1 aromatic heterocycles. The third-order valence-corrected chi connectivity index (χ3v) is 8.18. The van der Waals surface area contributed by atoms with Crippen molar-refractivity contribution in [2.45, 2.75) is 59.8 Å². The van der Waals surface area contributed by atoms with E-state index in [0.717, 1.165) is 46.6 Å². The second-order valence-corrected chi connectivity index (χ2v) is 12.1. The van der Waals surface area contributed by atoms with Crippen molar-refractivity contribution in [3.63, 3.8) is 0 Å². The first-order valence-electron chi connectivity index (χ1n) is 12.9. The summed E-state index contributed by atoms with van der Waals surface area (Å²) in [5.74, 6) is 1.36. The molecule has 3 aromatic rings. The van der Waals surface area contributed by atoms with E-state index >= 15 is 0 Å². The van der Waals surface area contributed by atoms with Crippen LogP contribution in [0.2, 0.25) is 0 Å². The van der Waals surface area contributed by atoms with Crippen molar-refractivity contribution in [2.24, 2.45) is 16.3 Å². The largest absolute Gasteiger partial charge is 0.484 e. The van der Waals surface area contributed by atoms with Gasteiger partial charge < -0.3 is 10.1 Å². The van der Waals surface area contributed by atoms with Crippen LogP contribution in [0.3, 0.4) is 0 Å². The molecule has 0 bridgehead atoms. The summed E-state index contributed by atoms with van der Waals surface area (Å²) in [5.41, 5.74) is 5.01. The van der Waals surface area contributed by atoms with E-state index in [1.165, 1.54) is 10.4 Å². The van der Waals surface area contributed by atoms with E-state index in [1.807, 2.05) is 48.5 Å². The van der Waals surface area contributed by atoms with Gasteiger partial charge in [0, 0.05) is 16.8 Å². The number of para-hydroxylation sites is 1. The predicted molar refractivity (Wildman–Crippen MR) is 152 cm³/mol. The smallest absolute Gasteiger partial charge is 0.262 e. The van der Waals surface area contributed by atoms with Crippen LogP contribution in [0.4, 0.5) is 10.7 Å². The lowest BCUT2D eigenvalue weighted by Gasteiger charge is -2.33. The quantitative estimate of drug-likeness (QED) is 0.330. The van der Waals surface area contributed by atoms with Gasteiger partial charge in [0.2, 0.25) is 0 Å². The molecule has 37 heavy (non-hydrogen) atoms. The van der Waals surface area contributed by atoms with Gasteiger partial charge in [0.05, 0.1) is 5.56 Å². The summed E-state index contributed by atoms with van der Waals surface area (Å²) >= 11 is 1.65. The summed E-state index contributed by atoms with van der Waals surface area (Å²) in [7, 11) is 0. The number of nitrogens with zero attached hydrogens (tertiary/aromatic N) is 2. The van der Waals surface area contributed by atoms with Crippen molar-refractivity contribution in [1.82, 2.24) is 0 Å². The standard InChI is InChI=1S/C31H35N3O2S/c1-20(2)24-8-6-7-9-27(24)34-29(35)19-36-23-13-10-21(11-14-23)18-33-30-26(17-32)25-15-12-22(31(3,4)5)16-28(25)37-30/h6-11,13-14,18,20,22H,12,15-16,19H2,1-5H3,(H,34,35)/t22-/m1/s1. The molecule has 5 nitrogen and oxygen atoms in total. The van der Waals surface area contributed by atoms with Gasteiger partial charge in [-0.2, -0.15) is 5.26 Å². The minimum Gasteiger partial charge on any atom is -0.484 e. The maximum absolute atomic E-state index is 12.4. The highest BCUT2D eigenvalue weighted by Crippen LogP contribution is 2.44. The number of nitriles is 1. The van der Waals surface area contributed by atoms with E-state index in [9.17, 15) is 10.1 Å². The summed E-state index contributed by atoms with van der Waals surface area (Å²) in [6, 6.07) is 17.7. The Balaban J connectivity index is 1.37. The Morgan fingerprint density at radius 2 is 1.95 bits per heavy atom. The van der Waals surface area contributed by atoms with Crippen molar-refractivity contribution in [3.8, 4) is 11.8 Å². The molecule has 1 aliphatic carbocycles. The lowest BCUT2D eigenvalue weighted by Crippen LogP contribution is -2.26. The molecule has 0 fully saturated rings. The maximum atomic E-state index is 12.4. The monoisotopic (exact) mass is 513 g/mol. The van der Waals surface area contributed by atoms with Crippen LogP contribution in [-0.2, 0) is 17.6 Å². The number of fused-ring (bicyclic) bond motifs is 1. The Morgan fingerprint density at radius 1 is 1.22 bits per heavy atom. The zero-order chi connectivity index (χ0) is 26.6. The molecule has 1 N–H and O–H groups in total. The van der Waals surface area contributed by atoms with E-state index in [4.69, 9.17) is 4.74 Å². The molecule has 192 valence electrons. The van der Waals surface area contributed by atoms with Crippen LogP contribution < -0.4 is 10.1 Å². The SMILES string of the molecule is CC(C)c1ccccc1NC(=O)COc1ccc(C=Nc2sc3c(c2C#N)CC[C@@H](C(C)(C)C)C3)cc1. The molecule has 1 amide bonds. The number of benzene rings is 2. The number of hydrogen-bond acceptors (Lipinski definition) is 5. The van der Waals surface area contributed by atoms with Crippen LogP contribution in [0.5, 0.6) is 5.75 Å². The van der Waals surface area contributed by atoms with Crippen LogP contribution in [0, 0.1) is 22.7 Å². The van der Waals surface area contributed by atoms with E-state index in [2.05, 4.69) is 51.0 Å². The van der Waals surface area contributed by atoms with Crippen LogP contribution in [0.1, 0.15) is 74.1 Å². The highest BCUT2D eigenvalue weighted by molar-refractivity contribution is 7.16. The van der Waals surface area contributed by atoms with Gasteiger partial charge >= 0.3 is 0 Å². The molecule has 1 heterocycles. The Hall–Kier alpha value is -3.43. The molecule has 6 heteroatoms. The molecule has 0 saturated carbocycles. The molecule has 0 aliphatic heterocycles. The van der Waals surface area contributed by atoms with E-state index < -0.39 is 0 Å². The van der Waals surface area contributed by atoms with E-state index in [-0.39, 0.29) is 17.9 Å². The van der Waals surface area contributed by atoms with Gasteiger partial charge in [0.1, 0.15) is 16.8 Å². The molecule has 1 aliphatic rings. The van der Waals surface area contributed by atoms with Crippen molar-refractivity contribution >= 4 is 34.1 Å². The first kappa shape index (κ1) is 26.6. The fraction of sp³-hybridized carbons (Fsp3) is 0.387. The average molecular weight is 514 g/mol. The topological polar surface area (TPSA) is 74.5 Å². The minimum atomic E-state index is -0.196. The summed E-state index contributed by atoms with van der Waals surface area (Å²) in [6.45, 7) is 11.0. The third kappa shape index (κ3) is 6.47. The second-order valence-electron chi connectivity index (χ2n) is 11.0. The zero-order valence-electron chi connectivity index (χ0n) is 22.3. The second kappa shape index (κ2) is 11.3. The Labute approximate surface area is 224 Å². The molecule has 4 rings (SSSR count). The van der Waals surface area contributed by atoms with E-state index in [0.29, 0.717) is 17.6 Å². The zero-order valence-corrected chi connectivity index (χ0v) is 23.1. The third-order valence-electron chi connectivity index (χ3n) is 7.02. The number of nitrogens with one attached hydrogen (secondary N) is 1. The molecule has 0 unspecified atom stereocenters. The summed E-state index contributed by atoms with van der Waals surface area (Å²) in [6.07, 6.45) is 4.89. The average Bonchev–Trinajstić information content (AvgIpc) is 3.23. The fourth-order valence-electron chi connectivity index (χ4n) is 4.75. The Kier molecular flexibility index (Phi) is 8.14. The first-order chi connectivity index (χ1) is 17.7. The maximum Gasteiger partial charge on any atom is 0.262 e. The molecule has 1 atom stereocenters. The number of carbonyl (C=O) groups is 1. The molecular formula is C31H35N3O2S.